The fourth-order valence-electron chi connectivity index (χ4n) is 2.89. The molecule has 29 heavy (non-hydrogen) atoms. The monoisotopic (exact) mass is 413 g/mol. The fourth-order valence-corrected chi connectivity index (χ4v) is 3.59. The molecule has 1 N–H and O–H groups in total. The summed E-state index contributed by atoms with van der Waals surface area (Å²) >= 11 is 1.35. The zero-order chi connectivity index (χ0) is 21.4. The van der Waals surface area contributed by atoms with Gasteiger partial charge in [0.05, 0.1) is 11.5 Å². The van der Waals surface area contributed by atoms with Gasteiger partial charge < -0.3 is 15.1 Å². The van der Waals surface area contributed by atoms with E-state index in [-0.39, 0.29) is 29.4 Å². The second-order valence-electron chi connectivity index (χ2n) is 7.59. The summed E-state index contributed by atoms with van der Waals surface area (Å²) in [6.07, 6.45) is 0. The van der Waals surface area contributed by atoms with Crippen LogP contribution >= 0.6 is 11.8 Å². The predicted octanol–water partition coefficient (Wildman–Crippen LogP) is 4.17. The maximum atomic E-state index is 12.7. The molecule has 0 aliphatic heterocycles. The van der Waals surface area contributed by atoms with Crippen molar-refractivity contribution in [2.75, 3.05) is 35.8 Å². The Kier molecular flexibility index (Phi) is 8.58. The number of carbonyl (C=O) groups excluding carboxylic acids is 2. The SMILES string of the molecule is Cc1cccc(NC(=O)CSCC(=O)N(Cc2ccc(N(C)C)cc2)C(C)C)c1. The number of rotatable bonds is 9. The molecular formula is C23H31N3O2S. The van der Waals surface area contributed by atoms with Crippen LogP contribution in [0.2, 0.25) is 0 Å². The summed E-state index contributed by atoms with van der Waals surface area (Å²) in [5, 5.41) is 2.87. The number of hydrogen-bond acceptors (Lipinski definition) is 4. The van der Waals surface area contributed by atoms with Crippen LogP contribution in [0.25, 0.3) is 0 Å². The molecule has 0 unspecified atom stereocenters. The third-order valence-corrected chi connectivity index (χ3v) is 5.43. The van der Waals surface area contributed by atoms with Crippen molar-refractivity contribution in [1.29, 1.82) is 0 Å². The van der Waals surface area contributed by atoms with Crippen LogP contribution < -0.4 is 10.2 Å². The van der Waals surface area contributed by atoms with Gasteiger partial charge in [0.15, 0.2) is 0 Å². The Labute approximate surface area is 178 Å². The highest BCUT2D eigenvalue weighted by Crippen LogP contribution is 2.16. The molecule has 0 spiro atoms. The van der Waals surface area contributed by atoms with E-state index in [1.54, 1.807) is 0 Å². The number of aryl methyl sites for hydroxylation is 1. The molecule has 0 fully saturated rings. The first-order valence-electron chi connectivity index (χ1n) is 9.76. The van der Waals surface area contributed by atoms with Gasteiger partial charge in [0, 0.05) is 38.1 Å². The summed E-state index contributed by atoms with van der Waals surface area (Å²) in [5.74, 6) is 0.493. The molecule has 0 aliphatic rings. The molecule has 2 rings (SSSR count). The first-order valence-corrected chi connectivity index (χ1v) is 10.9. The molecule has 0 heterocycles. The number of amides is 2. The molecule has 0 saturated carbocycles. The molecule has 6 heteroatoms. The van der Waals surface area contributed by atoms with Crippen LogP contribution in [0.3, 0.4) is 0 Å². The lowest BCUT2D eigenvalue weighted by atomic mass is 10.1. The van der Waals surface area contributed by atoms with Crippen LogP contribution in [0.1, 0.15) is 25.0 Å². The second kappa shape index (κ2) is 10.9. The summed E-state index contributed by atoms with van der Waals surface area (Å²) in [7, 11) is 4.01. The Morgan fingerprint density at radius 3 is 2.31 bits per heavy atom. The minimum Gasteiger partial charge on any atom is -0.378 e. The van der Waals surface area contributed by atoms with Crippen LogP contribution in [0.5, 0.6) is 0 Å². The van der Waals surface area contributed by atoms with Crippen LogP contribution in [0.15, 0.2) is 48.5 Å². The van der Waals surface area contributed by atoms with Crippen molar-refractivity contribution < 1.29 is 9.59 Å². The fraction of sp³-hybridized carbons (Fsp3) is 0.391. The van der Waals surface area contributed by atoms with Crippen LogP contribution in [-0.4, -0.2) is 48.4 Å². The quantitative estimate of drug-likeness (QED) is 0.670. The zero-order valence-corrected chi connectivity index (χ0v) is 18.8. The number of thioether (sulfide) groups is 1. The highest BCUT2D eigenvalue weighted by Gasteiger charge is 2.18. The number of nitrogens with one attached hydrogen (secondary N) is 1. The van der Waals surface area contributed by atoms with E-state index in [0.29, 0.717) is 6.54 Å². The maximum absolute atomic E-state index is 12.7. The molecule has 5 nitrogen and oxygen atoms in total. The van der Waals surface area contributed by atoms with E-state index in [2.05, 4.69) is 29.6 Å². The molecule has 0 aromatic heterocycles. The van der Waals surface area contributed by atoms with E-state index in [4.69, 9.17) is 0 Å². The number of benzene rings is 2. The van der Waals surface area contributed by atoms with Crippen molar-refractivity contribution in [2.45, 2.75) is 33.4 Å². The lowest BCUT2D eigenvalue weighted by Gasteiger charge is -2.27. The van der Waals surface area contributed by atoms with Gasteiger partial charge in [-0.1, -0.05) is 24.3 Å². The minimum atomic E-state index is -0.0937. The molecule has 0 radical (unpaired) electrons. The number of hydrogen-bond donors (Lipinski definition) is 1. The highest BCUT2D eigenvalue weighted by molar-refractivity contribution is 8.00. The number of carbonyl (C=O) groups is 2. The van der Waals surface area contributed by atoms with Gasteiger partial charge in [0.25, 0.3) is 0 Å². The highest BCUT2D eigenvalue weighted by atomic mass is 32.2. The average Bonchev–Trinajstić information content (AvgIpc) is 2.66. The summed E-state index contributed by atoms with van der Waals surface area (Å²) in [4.78, 5) is 28.7. The molecule has 156 valence electrons. The summed E-state index contributed by atoms with van der Waals surface area (Å²) in [5.41, 5.74) is 4.11. The van der Waals surface area contributed by atoms with Gasteiger partial charge >= 0.3 is 0 Å². The van der Waals surface area contributed by atoms with Crippen LogP contribution in [0, 0.1) is 6.92 Å². The van der Waals surface area contributed by atoms with Gasteiger partial charge in [-0.25, -0.2) is 0 Å². The van der Waals surface area contributed by atoms with E-state index in [0.717, 1.165) is 22.5 Å². The van der Waals surface area contributed by atoms with Crippen LogP contribution in [0.4, 0.5) is 11.4 Å². The van der Waals surface area contributed by atoms with Gasteiger partial charge in [-0.05, 0) is 56.2 Å². The average molecular weight is 414 g/mol. The Hall–Kier alpha value is -2.47. The Morgan fingerprint density at radius 2 is 1.72 bits per heavy atom. The first kappa shape index (κ1) is 22.8. The van der Waals surface area contributed by atoms with Gasteiger partial charge in [0.2, 0.25) is 11.8 Å². The topological polar surface area (TPSA) is 52.7 Å². The molecule has 0 atom stereocenters. The van der Waals surface area contributed by atoms with E-state index in [9.17, 15) is 9.59 Å². The summed E-state index contributed by atoms with van der Waals surface area (Å²) < 4.78 is 0. The van der Waals surface area contributed by atoms with E-state index < -0.39 is 0 Å². The predicted molar refractivity (Wildman–Crippen MR) is 124 cm³/mol. The molecular weight excluding hydrogens is 382 g/mol. The summed E-state index contributed by atoms with van der Waals surface area (Å²) in [6.45, 7) is 6.58. The zero-order valence-electron chi connectivity index (χ0n) is 17.9. The van der Waals surface area contributed by atoms with Crippen molar-refractivity contribution in [2.24, 2.45) is 0 Å². The molecule has 0 aliphatic carbocycles. The van der Waals surface area contributed by atoms with E-state index in [1.165, 1.54) is 11.8 Å². The van der Waals surface area contributed by atoms with Crippen molar-refractivity contribution in [3.05, 3.63) is 59.7 Å². The molecule has 0 saturated heterocycles. The smallest absolute Gasteiger partial charge is 0.234 e. The maximum Gasteiger partial charge on any atom is 0.234 e. The molecule has 2 amide bonds. The molecule has 2 aromatic rings. The second-order valence-corrected chi connectivity index (χ2v) is 8.57. The Morgan fingerprint density at radius 1 is 1.03 bits per heavy atom. The van der Waals surface area contributed by atoms with Gasteiger partial charge in [-0.2, -0.15) is 0 Å². The van der Waals surface area contributed by atoms with Gasteiger partial charge in [0.1, 0.15) is 0 Å². The lowest BCUT2D eigenvalue weighted by Crippen LogP contribution is -2.37. The van der Waals surface area contributed by atoms with Gasteiger partial charge in [-0.15, -0.1) is 11.8 Å². The van der Waals surface area contributed by atoms with Crippen LogP contribution in [-0.2, 0) is 16.1 Å². The summed E-state index contributed by atoms with van der Waals surface area (Å²) in [6, 6.07) is 16.0. The Balaban J connectivity index is 1.85. The van der Waals surface area contributed by atoms with Crippen molar-refractivity contribution in [3.63, 3.8) is 0 Å². The Bertz CT molecular complexity index is 819. The molecule has 2 aromatic carbocycles. The molecule has 0 bridgehead atoms. The lowest BCUT2D eigenvalue weighted by molar-refractivity contribution is -0.130. The number of nitrogens with zero attached hydrogens (tertiary/aromatic N) is 2. The van der Waals surface area contributed by atoms with Gasteiger partial charge in [-0.3, -0.25) is 9.59 Å². The standard InChI is InChI=1S/C23H31N3O2S/c1-17(2)26(14-19-9-11-21(12-10-19)25(4)5)23(28)16-29-15-22(27)24-20-8-6-7-18(3)13-20/h6-13,17H,14-16H2,1-5H3,(H,24,27). The van der Waals surface area contributed by atoms with Crippen molar-refractivity contribution in [3.8, 4) is 0 Å². The first-order chi connectivity index (χ1) is 13.8. The van der Waals surface area contributed by atoms with Crippen molar-refractivity contribution >= 4 is 35.0 Å². The third kappa shape index (κ3) is 7.46. The third-order valence-electron chi connectivity index (χ3n) is 4.51. The van der Waals surface area contributed by atoms with Crippen molar-refractivity contribution in [1.82, 2.24) is 4.90 Å². The van der Waals surface area contributed by atoms with E-state index >= 15 is 0 Å². The normalized spacial score (nSPS) is 10.7. The number of anilines is 2. The van der Waals surface area contributed by atoms with E-state index in [1.807, 2.05) is 68.9 Å². The largest absolute Gasteiger partial charge is 0.378 e. The minimum absolute atomic E-state index is 0.0463.